The van der Waals surface area contributed by atoms with Crippen LogP contribution in [0.1, 0.15) is 37.9 Å². The Morgan fingerprint density at radius 2 is 1.26 bits per heavy atom. The van der Waals surface area contributed by atoms with Crippen LogP contribution in [-0.2, 0) is 9.59 Å². The lowest BCUT2D eigenvalue weighted by atomic mass is 9.86. The molecule has 278 valence electrons. The van der Waals surface area contributed by atoms with Crippen LogP contribution < -0.4 is 41.2 Å². The fraction of sp³-hybridized carbons (Fsp3) is 0.282. The molecule has 2 amide bonds. The number of fused-ring (bicyclic) bond motifs is 6. The maximum absolute atomic E-state index is 15.2. The highest BCUT2D eigenvalue weighted by Gasteiger charge is 2.44. The first-order valence-corrected chi connectivity index (χ1v) is 17.6. The van der Waals surface area contributed by atoms with Crippen molar-refractivity contribution in [2.24, 2.45) is 10.2 Å². The summed E-state index contributed by atoms with van der Waals surface area (Å²) < 4.78 is 39.7. The number of likely N-dealkylation sites (tertiary alicyclic amines) is 1. The molecule has 54 heavy (non-hydrogen) atoms. The van der Waals surface area contributed by atoms with E-state index in [0.29, 0.717) is 40.2 Å². The number of amidine groups is 2. The predicted octanol–water partition coefficient (Wildman–Crippen LogP) is 4.57. The molecule has 0 spiro atoms. The SMILES string of the molecule is CC1C(=O)NN=C2COc3cc(F)c(N)cc3N21.CC1C(=O)NN=C2COc3cc(F)c(NC4(C)CN(C(c5ccccc5)c5ccccc5)C4)cc3N21. The van der Waals surface area contributed by atoms with E-state index in [4.69, 9.17) is 15.2 Å². The number of carbonyl (C=O) groups is 2. The first kappa shape index (κ1) is 34.8. The van der Waals surface area contributed by atoms with Crippen LogP contribution in [0.25, 0.3) is 0 Å². The molecule has 4 aromatic carbocycles. The maximum atomic E-state index is 15.2. The predicted molar refractivity (Wildman–Crippen MR) is 202 cm³/mol. The summed E-state index contributed by atoms with van der Waals surface area (Å²) in [4.78, 5) is 29.8. The van der Waals surface area contributed by atoms with Gasteiger partial charge in [-0.15, -0.1) is 0 Å². The van der Waals surface area contributed by atoms with Gasteiger partial charge in [-0.3, -0.25) is 14.5 Å². The standard InChI is InChI=1S/C28H28FN5O2.C11H11FN4O2/c1-18-27(35)32-31-25-15-36-24-13-21(29)22(14-23(24)34(18)25)30-28(2)16-33(17-28)26(19-9-5-3-6-10-19)20-11-7-4-8-12-20;1-5-11(17)15-14-10-4-18-9-2-6(12)7(13)3-8(9)16(5)10/h3-14,18,26,30H,15-17H2,1-2H3,(H,32,35);2-3,5H,4,13H2,1H3,(H,15,17). The second kappa shape index (κ2) is 13.6. The molecule has 0 bridgehead atoms. The fourth-order valence-corrected chi connectivity index (χ4v) is 7.53. The van der Waals surface area contributed by atoms with Crippen molar-refractivity contribution >= 4 is 46.2 Å². The smallest absolute Gasteiger partial charge is 0.262 e. The van der Waals surface area contributed by atoms with E-state index in [0.717, 1.165) is 13.1 Å². The Kier molecular flexibility index (Phi) is 8.80. The summed E-state index contributed by atoms with van der Waals surface area (Å²) >= 11 is 0. The van der Waals surface area contributed by atoms with Gasteiger partial charge in [-0.2, -0.15) is 10.2 Å². The van der Waals surface area contributed by atoms with Gasteiger partial charge in [0.2, 0.25) is 0 Å². The summed E-state index contributed by atoms with van der Waals surface area (Å²) in [7, 11) is 0. The number of ether oxygens (including phenoxy) is 2. The topological polar surface area (TPSA) is 149 Å². The van der Waals surface area contributed by atoms with Crippen molar-refractivity contribution in [2.45, 2.75) is 44.4 Å². The van der Waals surface area contributed by atoms with Gasteiger partial charge in [-0.1, -0.05) is 60.7 Å². The summed E-state index contributed by atoms with van der Waals surface area (Å²) in [6, 6.07) is 25.9. The van der Waals surface area contributed by atoms with Gasteiger partial charge in [0.1, 0.15) is 48.4 Å². The zero-order valence-electron chi connectivity index (χ0n) is 29.8. The molecule has 0 aliphatic carbocycles. The molecular formula is C39H39F2N9O4. The number of carbonyl (C=O) groups excluding carboxylic acids is 2. The second-order valence-electron chi connectivity index (χ2n) is 14.1. The van der Waals surface area contributed by atoms with Crippen molar-refractivity contribution in [1.29, 1.82) is 0 Å². The minimum Gasteiger partial charge on any atom is -0.483 e. The van der Waals surface area contributed by atoms with Crippen molar-refractivity contribution in [3.8, 4) is 11.5 Å². The highest BCUT2D eigenvalue weighted by Crippen LogP contribution is 2.42. The number of nitrogens with one attached hydrogen (secondary N) is 3. The number of nitrogens with two attached hydrogens (primary N) is 1. The van der Waals surface area contributed by atoms with Crippen LogP contribution in [-0.4, -0.2) is 72.3 Å². The van der Waals surface area contributed by atoms with Crippen molar-refractivity contribution in [2.75, 3.05) is 47.2 Å². The van der Waals surface area contributed by atoms with Crippen molar-refractivity contribution in [1.82, 2.24) is 15.8 Å². The van der Waals surface area contributed by atoms with Gasteiger partial charge < -0.3 is 30.3 Å². The van der Waals surface area contributed by atoms with Crippen LogP contribution in [0.2, 0.25) is 0 Å². The Labute approximate surface area is 310 Å². The van der Waals surface area contributed by atoms with Crippen LogP contribution in [0.5, 0.6) is 11.5 Å². The zero-order chi connectivity index (χ0) is 37.7. The van der Waals surface area contributed by atoms with Gasteiger partial charge in [-0.25, -0.2) is 19.6 Å². The molecule has 13 nitrogen and oxygen atoms in total. The average Bonchev–Trinajstić information content (AvgIpc) is 3.16. The molecule has 5 N–H and O–H groups in total. The number of halogens is 2. The number of benzene rings is 4. The van der Waals surface area contributed by atoms with Gasteiger partial charge in [-0.05, 0) is 44.0 Å². The van der Waals surface area contributed by atoms with E-state index in [1.807, 2.05) is 17.0 Å². The highest BCUT2D eigenvalue weighted by molar-refractivity contribution is 6.10. The van der Waals surface area contributed by atoms with E-state index in [-0.39, 0.29) is 48.1 Å². The van der Waals surface area contributed by atoms with Gasteiger partial charge in [0.25, 0.3) is 11.8 Å². The molecule has 5 aliphatic rings. The molecule has 15 heteroatoms. The number of nitrogen functional groups attached to an aromatic ring is 1. The lowest BCUT2D eigenvalue weighted by Crippen LogP contribution is -2.65. The van der Waals surface area contributed by atoms with Crippen LogP contribution in [0.15, 0.2) is 95.1 Å². The molecule has 5 heterocycles. The summed E-state index contributed by atoms with van der Waals surface area (Å²) in [5, 5.41) is 11.5. The first-order valence-electron chi connectivity index (χ1n) is 17.6. The van der Waals surface area contributed by atoms with Gasteiger partial charge in [0.15, 0.2) is 11.7 Å². The number of hydrogen-bond acceptors (Lipinski definition) is 11. The van der Waals surface area contributed by atoms with Crippen LogP contribution >= 0.6 is 0 Å². The lowest BCUT2D eigenvalue weighted by Gasteiger charge is -2.52. The molecule has 1 fully saturated rings. The van der Waals surface area contributed by atoms with E-state index in [1.54, 1.807) is 24.8 Å². The normalized spacial score (nSPS) is 20.8. The number of nitrogens with zero attached hydrogens (tertiary/aromatic N) is 5. The molecule has 2 atom stereocenters. The second-order valence-corrected chi connectivity index (χ2v) is 14.1. The van der Waals surface area contributed by atoms with Crippen molar-refractivity contribution < 1.29 is 27.8 Å². The Bertz CT molecular complexity index is 2140. The number of amides is 2. The summed E-state index contributed by atoms with van der Waals surface area (Å²) in [6.07, 6.45) is 0. The summed E-state index contributed by atoms with van der Waals surface area (Å²) in [5.74, 6) is 0.583. The van der Waals surface area contributed by atoms with Crippen LogP contribution in [0.4, 0.5) is 31.5 Å². The molecule has 0 radical (unpaired) electrons. The molecule has 5 aliphatic heterocycles. The average molecular weight is 736 g/mol. The minimum atomic E-state index is -0.539. The molecular weight excluding hydrogens is 696 g/mol. The number of hydrogen-bond donors (Lipinski definition) is 4. The van der Waals surface area contributed by atoms with Crippen LogP contribution in [0.3, 0.4) is 0 Å². The summed E-state index contributed by atoms with van der Waals surface area (Å²) in [5.41, 5.74) is 14.2. The zero-order valence-corrected chi connectivity index (χ0v) is 29.8. The van der Waals surface area contributed by atoms with Crippen molar-refractivity contribution in [3.05, 3.63) is 108 Å². The van der Waals surface area contributed by atoms with Crippen molar-refractivity contribution in [3.63, 3.8) is 0 Å². The first-order chi connectivity index (χ1) is 26.0. The van der Waals surface area contributed by atoms with E-state index < -0.39 is 17.9 Å². The Balaban J connectivity index is 0.000000192. The highest BCUT2D eigenvalue weighted by atomic mass is 19.1. The largest absolute Gasteiger partial charge is 0.483 e. The monoisotopic (exact) mass is 735 g/mol. The fourth-order valence-electron chi connectivity index (χ4n) is 7.53. The quantitative estimate of drug-likeness (QED) is 0.217. The number of anilines is 4. The minimum absolute atomic E-state index is 0.0109. The summed E-state index contributed by atoms with van der Waals surface area (Å²) in [6.45, 7) is 7.48. The number of rotatable bonds is 5. The molecule has 0 saturated carbocycles. The maximum Gasteiger partial charge on any atom is 0.262 e. The molecule has 1 saturated heterocycles. The van der Waals surface area contributed by atoms with E-state index in [2.05, 4.69) is 86.7 Å². The van der Waals surface area contributed by atoms with E-state index in [9.17, 15) is 14.0 Å². The molecule has 2 unspecified atom stereocenters. The Morgan fingerprint density at radius 3 is 1.78 bits per heavy atom. The van der Waals surface area contributed by atoms with Crippen LogP contribution in [0, 0.1) is 11.6 Å². The molecule has 0 aromatic heterocycles. The van der Waals surface area contributed by atoms with E-state index >= 15 is 4.39 Å². The molecule has 4 aromatic rings. The third-order valence-corrected chi connectivity index (χ3v) is 10.2. The van der Waals surface area contributed by atoms with Gasteiger partial charge in [0, 0.05) is 25.2 Å². The third-order valence-electron chi connectivity index (χ3n) is 10.2. The lowest BCUT2D eigenvalue weighted by molar-refractivity contribution is -0.123. The third kappa shape index (κ3) is 6.29. The van der Waals surface area contributed by atoms with E-state index in [1.165, 1.54) is 29.3 Å². The Morgan fingerprint density at radius 1 is 0.778 bits per heavy atom. The number of hydrazone groups is 2. The Hall–Kier alpha value is -6.22. The van der Waals surface area contributed by atoms with Gasteiger partial charge >= 0.3 is 0 Å². The molecule has 9 rings (SSSR count). The van der Waals surface area contributed by atoms with Gasteiger partial charge in [0.05, 0.1) is 34.3 Å².